The normalized spacial score (nSPS) is 11.4. The standard InChI is InChI=1S/C14H16N2O2S/c17-19(18,14-9-5-2-6-10-14)16-15-12-11-13-7-3-1-4-8-13/h1-10,15-16H,11-12H2. The highest BCUT2D eigenvalue weighted by Crippen LogP contribution is 2.05. The van der Waals surface area contributed by atoms with Gasteiger partial charge < -0.3 is 0 Å². The molecule has 0 saturated carbocycles. The van der Waals surface area contributed by atoms with E-state index in [1.807, 2.05) is 30.3 Å². The molecule has 0 aliphatic rings. The van der Waals surface area contributed by atoms with Crippen LogP contribution in [0.25, 0.3) is 0 Å². The number of nitrogens with one attached hydrogen (secondary N) is 2. The summed E-state index contributed by atoms with van der Waals surface area (Å²) >= 11 is 0. The minimum atomic E-state index is -3.48. The van der Waals surface area contributed by atoms with E-state index in [1.165, 1.54) is 0 Å². The van der Waals surface area contributed by atoms with E-state index in [0.29, 0.717) is 6.54 Å². The summed E-state index contributed by atoms with van der Waals surface area (Å²) in [6.07, 6.45) is 0.762. The van der Waals surface area contributed by atoms with Crippen LogP contribution in [0.15, 0.2) is 65.6 Å². The number of benzene rings is 2. The molecular formula is C14H16N2O2S. The molecule has 0 spiro atoms. The molecule has 5 heteroatoms. The Morgan fingerprint density at radius 1 is 0.842 bits per heavy atom. The van der Waals surface area contributed by atoms with E-state index in [4.69, 9.17) is 0 Å². The van der Waals surface area contributed by atoms with Crippen molar-refractivity contribution in [3.63, 3.8) is 0 Å². The van der Waals surface area contributed by atoms with Crippen molar-refractivity contribution in [2.45, 2.75) is 11.3 Å². The van der Waals surface area contributed by atoms with Gasteiger partial charge in [-0.05, 0) is 24.1 Å². The zero-order valence-electron chi connectivity index (χ0n) is 10.4. The maximum atomic E-state index is 11.9. The van der Waals surface area contributed by atoms with Crippen LogP contribution in [0.2, 0.25) is 0 Å². The Balaban J connectivity index is 1.83. The summed E-state index contributed by atoms with van der Waals surface area (Å²) in [7, 11) is -3.48. The Bertz CT molecular complexity index is 598. The molecule has 0 aromatic heterocycles. The molecule has 2 aromatic rings. The van der Waals surface area contributed by atoms with Crippen LogP contribution in [0.3, 0.4) is 0 Å². The Morgan fingerprint density at radius 3 is 2.05 bits per heavy atom. The van der Waals surface area contributed by atoms with Gasteiger partial charge in [0.15, 0.2) is 0 Å². The topological polar surface area (TPSA) is 58.2 Å². The number of rotatable bonds is 6. The summed E-state index contributed by atoms with van der Waals surface area (Å²) in [6.45, 7) is 0.538. The van der Waals surface area contributed by atoms with Gasteiger partial charge in [0.2, 0.25) is 0 Å². The molecule has 2 rings (SSSR count). The predicted octanol–water partition coefficient (Wildman–Crippen LogP) is 1.71. The predicted molar refractivity (Wildman–Crippen MR) is 74.9 cm³/mol. The van der Waals surface area contributed by atoms with Crippen LogP contribution in [0.4, 0.5) is 0 Å². The molecule has 0 radical (unpaired) electrons. The summed E-state index contributed by atoms with van der Waals surface area (Å²) in [6, 6.07) is 18.2. The van der Waals surface area contributed by atoms with Gasteiger partial charge in [-0.3, -0.25) is 0 Å². The minimum absolute atomic E-state index is 0.252. The fourth-order valence-corrected chi connectivity index (χ4v) is 2.58. The first-order chi connectivity index (χ1) is 9.18. The molecule has 0 atom stereocenters. The number of hydrazine groups is 1. The fraction of sp³-hybridized carbons (Fsp3) is 0.143. The average molecular weight is 276 g/mol. The second kappa shape index (κ2) is 6.47. The van der Waals surface area contributed by atoms with Crippen molar-refractivity contribution in [1.82, 2.24) is 10.3 Å². The molecule has 0 bridgehead atoms. The van der Waals surface area contributed by atoms with Crippen molar-refractivity contribution < 1.29 is 8.42 Å². The molecule has 4 nitrogen and oxygen atoms in total. The van der Waals surface area contributed by atoms with Gasteiger partial charge in [-0.2, -0.15) is 0 Å². The molecule has 2 aromatic carbocycles. The van der Waals surface area contributed by atoms with E-state index in [9.17, 15) is 8.42 Å². The van der Waals surface area contributed by atoms with Crippen LogP contribution in [-0.2, 0) is 16.4 Å². The van der Waals surface area contributed by atoms with Gasteiger partial charge in [-0.15, -0.1) is 4.83 Å². The molecule has 0 aliphatic carbocycles. The molecule has 0 amide bonds. The quantitative estimate of drug-likeness (QED) is 0.624. The molecular weight excluding hydrogens is 260 g/mol. The third kappa shape index (κ3) is 4.17. The van der Waals surface area contributed by atoms with Gasteiger partial charge in [0, 0.05) is 6.54 Å². The Morgan fingerprint density at radius 2 is 1.42 bits per heavy atom. The zero-order chi connectivity index (χ0) is 13.6. The third-order valence-electron chi connectivity index (χ3n) is 2.64. The Labute approximate surface area is 113 Å². The number of hydrogen-bond donors (Lipinski definition) is 2. The largest absolute Gasteiger partial charge is 0.253 e. The van der Waals surface area contributed by atoms with E-state index in [-0.39, 0.29) is 4.90 Å². The molecule has 2 N–H and O–H groups in total. The first-order valence-corrected chi connectivity index (χ1v) is 7.50. The Kier molecular flexibility index (Phi) is 4.68. The lowest BCUT2D eigenvalue weighted by molar-refractivity contribution is 0.555. The van der Waals surface area contributed by atoms with Gasteiger partial charge in [-0.25, -0.2) is 13.8 Å². The Hall–Kier alpha value is -1.69. The van der Waals surface area contributed by atoms with Gasteiger partial charge in [0.25, 0.3) is 10.0 Å². The molecule has 19 heavy (non-hydrogen) atoms. The van der Waals surface area contributed by atoms with Gasteiger partial charge in [-0.1, -0.05) is 48.5 Å². The van der Waals surface area contributed by atoms with Gasteiger partial charge in [0.1, 0.15) is 0 Å². The second-order valence-corrected chi connectivity index (χ2v) is 5.76. The van der Waals surface area contributed by atoms with E-state index >= 15 is 0 Å². The molecule has 0 aliphatic heterocycles. The highest BCUT2D eigenvalue weighted by molar-refractivity contribution is 7.89. The van der Waals surface area contributed by atoms with Crippen LogP contribution in [-0.4, -0.2) is 15.0 Å². The number of sulfonamides is 1. The van der Waals surface area contributed by atoms with E-state index in [1.54, 1.807) is 30.3 Å². The summed E-state index contributed by atoms with van der Waals surface area (Å²) in [5.74, 6) is 0. The van der Waals surface area contributed by atoms with Crippen LogP contribution < -0.4 is 10.3 Å². The first-order valence-electron chi connectivity index (χ1n) is 6.02. The van der Waals surface area contributed by atoms with Crippen LogP contribution in [0, 0.1) is 0 Å². The van der Waals surface area contributed by atoms with Crippen molar-refractivity contribution >= 4 is 10.0 Å². The second-order valence-electron chi connectivity index (χ2n) is 4.08. The van der Waals surface area contributed by atoms with E-state index in [2.05, 4.69) is 10.3 Å². The number of hydrogen-bond acceptors (Lipinski definition) is 3. The van der Waals surface area contributed by atoms with Gasteiger partial charge in [0.05, 0.1) is 4.90 Å². The van der Waals surface area contributed by atoms with Crippen LogP contribution >= 0.6 is 0 Å². The van der Waals surface area contributed by atoms with Crippen molar-refractivity contribution in [2.75, 3.05) is 6.54 Å². The summed E-state index contributed by atoms with van der Waals surface area (Å²) in [4.78, 5) is 2.62. The zero-order valence-corrected chi connectivity index (χ0v) is 11.2. The molecule has 0 fully saturated rings. The smallest absolute Gasteiger partial charge is 0.244 e. The molecule has 0 unspecified atom stereocenters. The summed E-state index contributed by atoms with van der Waals surface area (Å²) < 4.78 is 23.7. The highest BCUT2D eigenvalue weighted by Gasteiger charge is 2.11. The highest BCUT2D eigenvalue weighted by atomic mass is 32.2. The maximum absolute atomic E-state index is 11.9. The first kappa shape index (κ1) is 13.7. The monoisotopic (exact) mass is 276 g/mol. The van der Waals surface area contributed by atoms with Gasteiger partial charge >= 0.3 is 0 Å². The summed E-state index contributed by atoms with van der Waals surface area (Å²) in [5, 5.41) is 0. The minimum Gasteiger partial charge on any atom is -0.244 e. The molecule has 100 valence electrons. The lowest BCUT2D eigenvalue weighted by Gasteiger charge is -2.08. The van der Waals surface area contributed by atoms with Crippen LogP contribution in [0.5, 0.6) is 0 Å². The SMILES string of the molecule is O=S(=O)(NNCCc1ccccc1)c1ccccc1. The third-order valence-corrected chi connectivity index (χ3v) is 3.95. The van der Waals surface area contributed by atoms with E-state index in [0.717, 1.165) is 12.0 Å². The molecule has 0 heterocycles. The van der Waals surface area contributed by atoms with Crippen molar-refractivity contribution in [2.24, 2.45) is 0 Å². The van der Waals surface area contributed by atoms with Crippen molar-refractivity contribution in [3.8, 4) is 0 Å². The fourth-order valence-electron chi connectivity index (χ4n) is 1.66. The maximum Gasteiger partial charge on any atom is 0.253 e. The van der Waals surface area contributed by atoms with E-state index < -0.39 is 10.0 Å². The van der Waals surface area contributed by atoms with Crippen LogP contribution in [0.1, 0.15) is 5.56 Å². The van der Waals surface area contributed by atoms with Crippen molar-refractivity contribution in [1.29, 1.82) is 0 Å². The average Bonchev–Trinajstić information content (AvgIpc) is 2.46. The van der Waals surface area contributed by atoms with Crippen molar-refractivity contribution in [3.05, 3.63) is 66.2 Å². The summed E-state index contributed by atoms with van der Waals surface area (Å²) in [5.41, 5.74) is 3.90. The lowest BCUT2D eigenvalue weighted by atomic mass is 10.2. The molecule has 0 saturated heterocycles. The lowest BCUT2D eigenvalue weighted by Crippen LogP contribution is -2.38.